The van der Waals surface area contributed by atoms with Gasteiger partial charge in [-0.05, 0) is 36.1 Å². The van der Waals surface area contributed by atoms with Gasteiger partial charge >= 0.3 is 0 Å². The lowest BCUT2D eigenvalue weighted by molar-refractivity contribution is 0.704. The minimum atomic E-state index is -0.00606. The third-order valence-corrected chi connectivity index (χ3v) is 4.85. The predicted molar refractivity (Wildman–Crippen MR) is 108 cm³/mol. The SMILES string of the molecule is CSC1=NN(c2ccccc2)C(c2ccccc2)N1c1ccccc1. The molecule has 4 heteroatoms. The molecule has 0 saturated heterocycles. The molecule has 0 spiro atoms. The van der Waals surface area contributed by atoms with Crippen LogP contribution >= 0.6 is 11.8 Å². The molecule has 0 N–H and O–H groups in total. The van der Waals surface area contributed by atoms with Crippen molar-refractivity contribution in [1.82, 2.24) is 0 Å². The summed E-state index contributed by atoms with van der Waals surface area (Å²) in [6.07, 6.45) is 2.07. The monoisotopic (exact) mass is 345 g/mol. The summed E-state index contributed by atoms with van der Waals surface area (Å²) >= 11 is 1.67. The number of para-hydroxylation sites is 2. The predicted octanol–water partition coefficient (Wildman–Crippen LogP) is 5.35. The van der Waals surface area contributed by atoms with Crippen LogP contribution in [0.1, 0.15) is 11.7 Å². The van der Waals surface area contributed by atoms with Crippen LogP contribution in [0.3, 0.4) is 0 Å². The summed E-state index contributed by atoms with van der Waals surface area (Å²) in [7, 11) is 0. The molecular weight excluding hydrogens is 326 g/mol. The number of thioether (sulfide) groups is 1. The largest absolute Gasteiger partial charge is 0.293 e. The fraction of sp³-hybridized carbons (Fsp3) is 0.0952. The molecule has 0 saturated carbocycles. The first-order valence-corrected chi connectivity index (χ1v) is 9.47. The van der Waals surface area contributed by atoms with Gasteiger partial charge in [0.25, 0.3) is 0 Å². The summed E-state index contributed by atoms with van der Waals surface area (Å²) in [5, 5.41) is 8.03. The highest BCUT2D eigenvalue weighted by Gasteiger charge is 2.36. The lowest BCUT2D eigenvalue weighted by Crippen LogP contribution is -2.34. The maximum absolute atomic E-state index is 4.93. The molecule has 0 radical (unpaired) electrons. The molecule has 1 heterocycles. The zero-order valence-electron chi connectivity index (χ0n) is 14.0. The maximum atomic E-state index is 4.93. The summed E-state index contributed by atoms with van der Waals surface area (Å²) in [5.74, 6) is 0. The first kappa shape index (κ1) is 15.8. The molecule has 124 valence electrons. The van der Waals surface area contributed by atoms with Gasteiger partial charge in [-0.2, -0.15) is 0 Å². The Morgan fingerprint density at radius 2 is 1.24 bits per heavy atom. The molecule has 1 atom stereocenters. The van der Waals surface area contributed by atoms with E-state index in [1.807, 2.05) is 12.1 Å². The number of hydrogen-bond acceptors (Lipinski definition) is 4. The highest BCUT2D eigenvalue weighted by atomic mass is 32.2. The van der Waals surface area contributed by atoms with Crippen LogP contribution in [0.4, 0.5) is 11.4 Å². The molecule has 3 nitrogen and oxygen atoms in total. The van der Waals surface area contributed by atoms with Crippen molar-refractivity contribution >= 4 is 28.3 Å². The Morgan fingerprint density at radius 1 is 0.720 bits per heavy atom. The van der Waals surface area contributed by atoms with Crippen LogP contribution in [0.25, 0.3) is 0 Å². The van der Waals surface area contributed by atoms with Gasteiger partial charge in [-0.1, -0.05) is 78.5 Å². The summed E-state index contributed by atoms with van der Waals surface area (Å²) in [5.41, 5.74) is 3.44. The van der Waals surface area contributed by atoms with Crippen LogP contribution in [0.15, 0.2) is 96.1 Å². The molecule has 4 rings (SSSR count). The number of rotatable bonds is 3. The van der Waals surface area contributed by atoms with Gasteiger partial charge < -0.3 is 0 Å². The average Bonchev–Trinajstić information content (AvgIpc) is 3.10. The standard InChI is InChI=1S/C21H19N3S/c1-25-21-22-24(19-15-9-4-10-16-19)20(17-11-5-2-6-12-17)23(21)18-13-7-3-8-14-18/h2-16,20H,1H3. The lowest BCUT2D eigenvalue weighted by Gasteiger charge is -2.32. The van der Waals surface area contributed by atoms with Crippen molar-refractivity contribution in [2.75, 3.05) is 16.2 Å². The van der Waals surface area contributed by atoms with Crippen LogP contribution in [0.5, 0.6) is 0 Å². The lowest BCUT2D eigenvalue weighted by atomic mass is 10.1. The molecule has 1 aliphatic heterocycles. The first-order chi connectivity index (χ1) is 12.4. The van der Waals surface area contributed by atoms with Gasteiger partial charge in [0.05, 0.1) is 5.69 Å². The van der Waals surface area contributed by atoms with Gasteiger partial charge in [-0.25, -0.2) is 5.01 Å². The third-order valence-electron chi connectivity index (χ3n) is 4.21. The molecule has 0 amide bonds. The zero-order chi connectivity index (χ0) is 17.1. The number of hydrogen-bond donors (Lipinski definition) is 0. The Balaban J connectivity index is 1.85. The second-order valence-electron chi connectivity index (χ2n) is 5.76. The number of nitrogens with zero attached hydrogens (tertiary/aromatic N) is 3. The molecule has 0 aliphatic carbocycles. The van der Waals surface area contributed by atoms with Crippen molar-refractivity contribution in [1.29, 1.82) is 0 Å². The topological polar surface area (TPSA) is 18.8 Å². The molecule has 1 unspecified atom stereocenters. The number of amidine groups is 1. The van der Waals surface area contributed by atoms with E-state index in [1.54, 1.807) is 11.8 Å². The fourth-order valence-corrected chi connectivity index (χ4v) is 3.66. The zero-order valence-corrected chi connectivity index (χ0v) is 14.8. The van der Waals surface area contributed by atoms with E-state index in [-0.39, 0.29) is 6.17 Å². The van der Waals surface area contributed by atoms with Crippen LogP contribution in [-0.2, 0) is 0 Å². The number of benzene rings is 3. The third kappa shape index (κ3) is 3.01. The van der Waals surface area contributed by atoms with E-state index in [9.17, 15) is 0 Å². The quantitative estimate of drug-likeness (QED) is 0.638. The highest BCUT2D eigenvalue weighted by molar-refractivity contribution is 8.13. The first-order valence-electron chi connectivity index (χ1n) is 8.24. The van der Waals surface area contributed by atoms with Gasteiger partial charge in [0.2, 0.25) is 0 Å². The van der Waals surface area contributed by atoms with E-state index in [2.05, 4.69) is 95.0 Å². The fourth-order valence-electron chi connectivity index (χ4n) is 3.08. The molecular formula is C21H19N3S. The van der Waals surface area contributed by atoms with Crippen molar-refractivity contribution in [3.8, 4) is 0 Å². The maximum Gasteiger partial charge on any atom is 0.189 e. The van der Waals surface area contributed by atoms with Gasteiger partial charge in [0, 0.05) is 5.69 Å². The molecule has 0 bridgehead atoms. The van der Waals surface area contributed by atoms with Crippen molar-refractivity contribution in [3.63, 3.8) is 0 Å². The van der Waals surface area contributed by atoms with Crippen LogP contribution in [-0.4, -0.2) is 11.4 Å². The van der Waals surface area contributed by atoms with Crippen molar-refractivity contribution in [2.45, 2.75) is 6.17 Å². The molecule has 25 heavy (non-hydrogen) atoms. The normalized spacial score (nSPS) is 16.8. The Kier molecular flexibility index (Phi) is 4.44. The number of hydrazone groups is 1. The highest BCUT2D eigenvalue weighted by Crippen LogP contribution is 2.40. The summed E-state index contributed by atoms with van der Waals surface area (Å²) < 4.78 is 0. The van der Waals surface area contributed by atoms with E-state index >= 15 is 0 Å². The summed E-state index contributed by atoms with van der Waals surface area (Å²) in [6, 6.07) is 31.3. The van der Waals surface area contributed by atoms with Crippen molar-refractivity contribution in [2.24, 2.45) is 5.10 Å². The summed E-state index contributed by atoms with van der Waals surface area (Å²) in [6.45, 7) is 0. The molecule has 3 aromatic rings. The number of anilines is 2. The Morgan fingerprint density at radius 3 is 1.80 bits per heavy atom. The van der Waals surface area contributed by atoms with Crippen LogP contribution in [0.2, 0.25) is 0 Å². The van der Waals surface area contributed by atoms with Crippen molar-refractivity contribution < 1.29 is 0 Å². The Bertz CT molecular complexity index is 850. The smallest absolute Gasteiger partial charge is 0.189 e. The van der Waals surface area contributed by atoms with E-state index in [4.69, 9.17) is 5.10 Å². The second kappa shape index (κ2) is 7.03. The second-order valence-corrected chi connectivity index (χ2v) is 6.53. The van der Waals surface area contributed by atoms with E-state index in [1.165, 1.54) is 5.56 Å². The van der Waals surface area contributed by atoms with E-state index < -0.39 is 0 Å². The van der Waals surface area contributed by atoms with E-state index in [0.29, 0.717) is 0 Å². The van der Waals surface area contributed by atoms with Crippen LogP contribution in [0, 0.1) is 0 Å². The van der Waals surface area contributed by atoms with Gasteiger partial charge in [-0.15, -0.1) is 5.10 Å². The molecule has 1 aliphatic rings. The minimum absolute atomic E-state index is 0.00606. The van der Waals surface area contributed by atoms with Gasteiger partial charge in [-0.3, -0.25) is 4.90 Å². The van der Waals surface area contributed by atoms with Gasteiger partial charge in [0.1, 0.15) is 0 Å². The Hall–Kier alpha value is -2.72. The summed E-state index contributed by atoms with van der Waals surface area (Å²) in [4.78, 5) is 2.30. The van der Waals surface area contributed by atoms with Gasteiger partial charge in [0.15, 0.2) is 11.3 Å². The molecule has 0 fully saturated rings. The van der Waals surface area contributed by atoms with Crippen LogP contribution < -0.4 is 9.91 Å². The molecule has 3 aromatic carbocycles. The van der Waals surface area contributed by atoms with Crippen molar-refractivity contribution in [3.05, 3.63) is 96.6 Å². The Labute approximate surface area is 152 Å². The molecule has 0 aromatic heterocycles. The minimum Gasteiger partial charge on any atom is -0.293 e. The average molecular weight is 345 g/mol. The van der Waals surface area contributed by atoms with E-state index in [0.717, 1.165) is 16.5 Å².